The van der Waals surface area contributed by atoms with Crippen molar-refractivity contribution in [3.63, 3.8) is 0 Å². The van der Waals surface area contributed by atoms with E-state index in [1.165, 1.54) is 0 Å². The van der Waals surface area contributed by atoms with Crippen LogP contribution in [0.5, 0.6) is 0 Å². The lowest BCUT2D eigenvalue weighted by Gasteiger charge is -2.19. The van der Waals surface area contributed by atoms with Crippen LogP contribution in [0, 0.1) is 11.3 Å². The fourth-order valence-corrected chi connectivity index (χ4v) is 1.66. The molecule has 0 heterocycles. The second kappa shape index (κ2) is 5.96. The smallest absolute Gasteiger partial charge is 0.198 e. The van der Waals surface area contributed by atoms with Crippen molar-refractivity contribution >= 4 is 9.84 Å². The summed E-state index contributed by atoms with van der Waals surface area (Å²) in [5.41, 5.74) is 0. The highest BCUT2D eigenvalue weighted by Crippen LogP contribution is 2.09. The third-order valence-electron chi connectivity index (χ3n) is 1.50. The SMILES string of the molecule is CCOC(OCC)C(C#N)S(C)(=O)=O. The Kier molecular flexibility index (Phi) is 5.69. The summed E-state index contributed by atoms with van der Waals surface area (Å²) in [5, 5.41) is 7.43. The lowest BCUT2D eigenvalue weighted by Crippen LogP contribution is -2.36. The molecule has 82 valence electrons. The maximum absolute atomic E-state index is 11.2. The second-order valence-electron chi connectivity index (χ2n) is 2.66. The van der Waals surface area contributed by atoms with Crippen molar-refractivity contribution in [1.29, 1.82) is 5.26 Å². The lowest BCUT2D eigenvalue weighted by molar-refractivity contribution is -0.129. The van der Waals surface area contributed by atoms with Crippen LogP contribution in [0.25, 0.3) is 0 Å². The molecule has 0 aromatic carbocycles. The molecule has 1 unspecified atom stereocenters. The number of rotatable bonds is 6. The number of hydrogen-bond donors (Lipinski definition) is 0. The standard InChI is InChI=1S/C8H15NO4S/c1-4-12-8(13-5-2)7(6-9)14(3,10)11/h7-8H,4-5H2,1-3H3. The van der Waals surface area contributed by atoms with Gasteiger partial charge in [0.15, 0.2) is 21.4 Å². The number of ether oxygens (including phenoxy) is 2. The minimum atomic E-state index is -3.47. The van der Waals surface area contributed by atoms with Gasteiger partial charge in [-0.2, -0.15) is 5.26 Å². The van der Waals surface area contributed by atoms with E-state index in [1.807, 2.05) is 0 Å². The number of nitrogens with zero attached hydrogens (tertiary/aromatic N) is 1. The Balaban J connectivity index is 4.69. The Morgan fingerprint density at radius 2 is 1.71 bits per heavy atom. The molecule has 0 aliphatic carbocycles. The van der Waals surface area contributed by atoms with E-state index >= 15 is 0 Å². The van der Waals surface area contributed by atoms with Crippen molar-refractivity contribution in [3.8, 4) is 6.07 Å². The molecule has 0 bridgehead atoms. The monoisotopic (exact) mass is 221 g/mol. The van der Waals surface area contributed by atoms with E-state index < -0.39 is 21.4 Å². The van der Waals surface area contributed by atoms with Crippen LogP contribution in [0.4, 0.5) is 0 Å². The fraction of sp³-hybridized carbons (Fsp3) is 0.875. The van der Waals surface area contributed by atoms with Crippen molar-refractivity contribution in [3.05, 3.63) is 0 Å². The van der Waals surface area contributed by atoms with Crippen LogP contribution in [0.3, 0.4) is 0 Å². The summed E-state index contributed by atoms with van der Waals surface area (Å²) in [5.74, 6) is 0. The van der Waals surface area contributed by atoms with Gasteiger partial charge in [-0.15, -0.1) is 0 Å². The summed E-state index contributed by atoms with van der Waals surface area (Å²) in [6.07, 6.45) is -0.00338. The van der Waals surface area contributed by atoms with Gasteiger partial charge in [-0.25, -0.2) is 8.42 Å². The first-order valence-corrected chi connectivity index (χ1v) is 6.24. The molecule has 0 aromatic rings. The molecule has 0 rings (SSSR count). The maximum atomic E-state index is 11.2. The average Bonchev–Trinajstić information content (AvgIpc) is 2.03. The van der Waals surface area contributed by atoms with Gasteiger partial charge >= 0.3 is 0 Å². The Morgan fingerprint density at radius 1 is 1.29 bits per heavy atom. The highest BCUT2D eigenvalue weighted by atomic mass is 32.2. The highest BCUT2D eigenvalue weighted by molar-refractivity contribution is 7.91. The maximum Gasteiger partial charge on any atom is 0.198 e. The molecule has 0 radical (unpaired) electrons. The first-order valence-electron chi connectivity index (χ1n) is 4.29. The van der Waals surface area contributed by atoms with E-state index in [0.29, 0.717) is 13.2 Å². The molecule has 0 saturated heterocycles. The molecule has 0 spiro atoms. The van der Waals surface area contributed by atoms with Crippen LogP contribution < -0.4 is 0 Å². The van der Waals surface area contributed by atoms with E-state index in [0.717, 1.165) is 6.26 Å². The van der Waals surface area contributed by atoms with Crippen LogP contribution in [-0.2, 0) is 19.3 Å². The summed E-state index contributed by atoms with van der Waals surface area (Å²) in [6.45, 7) is 4.03. The second-order valence-corrected chi connectivity index (χ2v) is 4.83. The van der Waals surface area contributed by atoms with E-state index in [-0.39, 0.29) is 0 Å². The van der Waals surface area contributed by atoms with Gasteiger partial charge in [0, 0.05) is 19.5 Å². The Bertz CT molecular complexity index is 287. The molecule has 1 atom stereocenters. The predicted molar refractivity (Wildman–Crippen MR) is 51.3 cm³/mol. The minimum Gasteiger partial charge on any atom is -0.350 e. The minimum absolute atomic E-state index is 0.304. The van der Waals surface area contributed by atoms with Gasteiger partial charge in [0.2, 0.25) is 0 Å². The van der Waals surface area contributed by atoms with Gasteiger partial charge in [-0.1, -0.05) is 0 Å². The van der Waals surface area contributed by atoms with Gasteiger partial charge in [-0.3, -0.25) is 0 Å². The van der Waals surface area contributed by atoms with Gasteiger partial charge in [0.1, 0.15) is 0 Å². The van der Waals surface area contributed by atoms with Crippen LogP contribution in [-0.4, -0.2) is 39.4 Å². The quantitative estimate of drug-likeness (QED) is 0.604. The lowest BCUT2D eigenvalue weighted by atomic mass is 10.4. The van der Waals surface area contributed by atoms with E-state index in [4.69, 9.17) is 14.7 Å². The van der Waals surface area contributed by atoms with Crippen molar-refractivity contribution in [2.75, 3.05) is 19.5 Å². The topological polar surface area (TPSA) is 76.4 Å². The summed E-state index contributed by atoms with van der Waals surface area (Å²) < 4.78 is 32.4. The third kappa shape index (κ3) is 4.05. The van der Waals surface area contributed by atoms with Crippen molar-refractivity contribution < 1.29 is 17.9 Å². The molecule has 0 aromatic heterocycles. The predicted octanol–water partition coefficient (Wildman–Crippen LogP) is 0.322. The Morgan fingerprint density at radius 3 is 1.93 bits per heavy atom. The summed E-state index contributed by atoms with van der Waals surface area (Å²) >= 11 is 0. The summed E-state index contributed by atoms with van der Waals surface area (Å²) in [7, 11) is -3.47. The summed E-state index contributed by atoms with van der Waals surface area (Å²) in [6, 6.07) is 1.67. The van der Waals surface area contributed by atoms with Crippen LogP contribution in [0.15, 0.2) is 0 Å². The normalized spacial score (nSPS) is 13.9. The van der Waals surface area contributed by atoms with Crippen molar-refractivity contribution in [2.24, 2.45) is 0 Å². The molecule has 6 heteroatoms. The molecule has 0 aliphatic heterocycles. The Hall–Kier alpha value is -0.640. The molecule has 0 saturated carbocycles. The summed E-state index contributed by atoms with van der Waals surface area (Å²) in [4.78, 5) is 0. The van der Waals surface area contributed by atoms with E-state index in [9.17, 15) is 8.42 Å². The van der Waals surface area contributed by atoms with Crippen LogP contribution in [0.2, 0.25) is 0 Å². The van der Waals surface area contributed by atoms with Crippen LogP contribution in [0.1, 0.15) is 13.8 Å². The first kappa shape index (κ1) is 13.4. The largest absolute Gasteiger partial charge is 0.350 e. The van der Waals surface area contributed by atoms with Crippen molar-refractivity contribution in [1.82, 2.24) is 0 Å². The highest BCUT2D eigenvalue weighted by Gasteiger charge is 2.31. The van der Waals surface area contributed by atoms with Gasteiger partial charge in [0.25, 0.3) is 0 Å². The third-order valence-corrected chi connectivity index (χ3v) is 2.75. The average molecular weight is 221 g/mol. The first-order chi connectivity index (χ1) is 6.47. The van der Waals surface area contributed by atoms with E-state index in [2.05, 4.69) is 0 Å². The van der Waals surface area contributed by atoms with Crippen molar-refractivity contribution in [2.45, 2.75) is 25.4 Å². The molecule has 0 N–H and O–H groups in total. The molecule has 14 heavy (non-hydrogen) atoms. The molecular formula is C8H15NO4S. The van der Waals surface area contributed by atoms with Crippen LogP contribution >= 0.6 is 0 Å². The number of nitriles is 1. The zero-order chi connectivity index (χ0) is 11.2. The molecule has 0 amide bonds. The molecule has 0 fully saturated rings. The molecule has 5 nitrogen and oxygen atoms in total. The van der Waals surface area contributed by atoms with Gasteiger partial charge in [-0.05, 0) is 13.8 Å². The van der Waals surface area contributed by atoms with Gasteiger partial charge < -0.3 is 9.47 Å². The molecule has 0 aliphatic rings. The zero-order valence-electron chi connectivity index (χ0n) is 8.56. The van der Waals surface area contributed by atoms with Gasteiger partial charge in [0.05, 0.1) is 6.07 Å². The fourth-order valence-electron chi connectivity index (χ4n) is 0.910. The molecular weight excluding hydrogens is 206 g/mol. The number of hydrogen-bond acceptors (Lipinski definition) is 5. The number of sulfone groups is 1. The Labute approximate surface area is 84.5 Å². The van der Waals surface area contributed by atoms with E-state index in [1.54, 1.807) is 19.9 Å². The zero-order valence-corrected chi connectivity index (χ0v) is 9.37.